The summed E-state index contributed by atoms with van der Waals surface area (Å²) in [6, 6.07) is 8.14. The van der Waals surface area contributed by atoms with Crippen LogP contribution < -0.4 is 5.43 Å². The number of benzene rings is 3. The monoisotopic (exact) mass is 410 g/mol. The number of aldehydes is 1. The number of hydrogen-bond donors (Lipinski definition) is 1. The normalized spacial score (nSPS) is 10.7. The predicted octanol–water partition coefficient (Wildman–Crippen LogP) is 6.00. The van der Waals surface area contributed by atoms with E-state index in [1.54, 1.807) is 25.1 Å². The Kier molecular flexibility index (Phi) is 5.69. The summed E-state index contributed by atoms with van der Waals surface area (Å²) in [5.74, 6) is -2.24. The molecule has 1 aliphatic heterocycles. The van der Waals surface area contributed by atoms with E-state index in [0.717, 1.165) is 18.2 Å². The Hall–Kier alpha value is -3.54. The van der Waals surface area contributed by atoms with Crippen LogP contribution in [0.2, 0.25) is 0 Å². The second-order valence-corrected chi connectivity index (χ2v) is 6.66. The van der Waals surface area contributed by atoms with Gasteiger partial charge in [0.05, 0.1) is 0 Å². The van der Waals surface area contributed by atoms with Crippen molar-refractivity contribution in [3.8, 4) is 28.2 Å². The maximum absolute atomic E-state index is 14.3. The third-order valence-electron chi connectivity index (χ3n) is 4.88. The molecule has 0 bridgehead atoms. The largest absolute Gasteiger partial charge is 0.505 e. The molecular formula is C24H20F2O4. The molecule has 4 rings (SSSR count). The fraction of sp³-hybridized carbons (Fsp3) is 0.167. The van der Waals surface area contributed by atoms with Crippen molar-refractivity contribution in [2.24, 2.45) is 0 Å². The highest BCUT2D eigenvalue weighted by molar-refractivity contribution is 6.04. The second-order valence-electron chi connectivity index (χ2n) is 6.66. The molecule has 6 heteroatoms. The Morgan fingerprint density at radius 1 is 0.967 bits per heavy atom. The first-order chi connectivity index (χ1) is 14.3. The maximum Gasteiger partial charge on any atom is 0.217 e. The van der Waals surface area contributed by atoms with Crippen LogP contribution in [0.25, 0.3) is 33.4 Å². The van der Waals surface area contributed by atoms with Gasteiger partial charge in [0.15, 0.2) is 17.4 Å². The van der Waals surface area contributed by atoms with Gasteiger partial charge >= 0.3 is 0 Å². The van der Waals surface area contributed by atoms with Crippen LogP contribution in [0.4, 0.5) is 8.78 Å². The summed E-state index contributed by atoms with van der Waals surface area (Å²) in [5, 5.41) is 10.3. The van der Waals surface area contributed by atoms with Gasteiger partial charge in [0.2, 0.25) is 5.43 Å². The van der Waals surface area contributed by atoms with Gasteiger partial charge in [-0.25, -0.2) is 8.78 Å². The van der Waals surface area contributed by atoms with E-state index in [4.69, 9.17) is 4.42 Å². The standard InChI is InChI=1S/C22H14F2O4.C2H6/c1-10-5-12(9-25)3-4-13(10)20-14-6-16(23)18(26)8-19(14)28-22-11(2)21(27)17(24)7-15(20)22;1-2/h3-9,27H,1-2H3;1-2H3. The van der Waals surface area contributed by atoms with Crippen molar-refractivity contribution >= 4 is 17.3 Å². The zero-order chi connectivity index (χ0) is 22.2. The lowest BCUT2D eigenvalue weighted by molar-refractivity contribution is 0.112. The highest BCUT2D eigenvalue weighted by atomic mass is 19.1. The highest BCUT2D eigenvalue weighted by Crippen LogP contribution is 2.44. The molecule has 1 heterocycles. The lowest BCUT2D eigenvalue weighted by Crippen LogP contribution is -2.07. The topological polar surface area (TPSA) is 67.5 Å². The van der Waals surface area contributed by atoms with Crippen molar-refractivity contribution in [1.29, 1.82) is 0 Å². The van der Waals surface area contributed by atoms with Gasteiger partial charge in [-0.1, -0.05) is 26.0 Å². The van der Waals surface area contributed by atoms with Gasteiger partial charge in [-0.3, -0.25) is 9.59 Å². The molecule has 154 valence electrons. The number of phenolic OH excluding ortho intramolecular Hbond substituents is 1. The third-order valence-corrected chi connectivity index (χ3v) is 4.88. The molecule has 1 aliphatic carbocycles. The van der Waals surface area contributed by atoms with Gasteiger partial charge < -0.3 is 9.52 Å². The SMILES string of the molecule is CC.Cc1cc(C=O)ccc1-c1c2cc(F)c(=O)cc-2oc2c(C)c(O)c(F)cc12. The van der Waals surface area contributed by atoms with Crippen LogP contribution >= 0.6 is 0 Å². The molecular weight excluding hydrogens is 390 g/mol. The average Bonchev–Trinajstić information content (AvgIpc) is 2.74. The lowest BCUT2D eigenvalue weighted by atomic mass is 9.89. The summed E-state index contributed by atoms with van der Waals surface area (Å²) in [7, 11) is 0. The van der Waals surface area contributed by atoms with Crippen molar-refractivity contribution in [2.75, 3.05) is 0 Å². The van der Waals surface area contributed by atoms with Crippen molar-refractivity contribution in [2.45, 2.75) is 27.7 Å². The molecule has 0 fully saturated rings. The summed E-state index contributed by atoms with van der Waals surface area (Å²) in [4.78, 5) is 22.9. The number of phenols is 1. The van der Waals surface area contributed by atoms with Gasteiger partial charge in [0.25, 0.3) is 0 Å². The van der Waals surface area contributed by atoms with Crippen LogP contribution in [0.3, 0.4) is 0 Å². The Balaban J connectivity index is 0.00000124. The molecule has 2 aromatic rings. The molecule has 0 saturated heterocycles. The molecule has 0 amide bonds. The average molecular weight is 410 g/mol. The lowest BCUT2D eigenvalue weighted by Gasteiger charge is -2.18. The van der Waals surface area contributed by atoms with Crippen LogP contribution in [-0.4, -0.2) is 11.4 Å². The van der Waals surface area contributed by atoms with Gasteiger partial charge in [-0.2, -0.15) is 0 Å². The van der Waals surface area contributed by atoms with E-state index in [0.29, 0.717) is 33.9 Å². The Morgan fingerprint density at radius 2 is 1.67 bits per heavy atom. The van der Waals surface area contributed by atoms with Crippen molar-refractivity contribution in [3.63, 3.8) is 0 Å². The molecule has 2 aliphatic rings. The predicted molar refractivity (Wildman–Crippen MR) is 112 cm³/mol. The van der Waals surface area contributed by atoms with Crippen LogP contribution in [0.1, 0.15) is 35.3 Å². The van der Waals surface area contributed by atoms with E-state index < -0.39 is 22.8 Å². The molecule has 1 N–H and O–H groups in total. The van der Waals surface area contributed by atoms with E-state index in [-0.39, 0.29) is 22.5 Å². The number of halogens is 2. The van der Waals surface area contributed by atoms with Gasteiger partial charge in [-0.05, 0) is 43.2 Å². The molecule has 2 aromatic carbocycles. The summed E-state index contributed by atoms with van der Waals surface area (Å²) < 4.78 is 34.1. The van der Waals surface area contributed by atoms with Crippen LogP contribution in [0.5, 0.6) is 5.75 Å². The number of carbonyl (C=O) groups excluding carboxylic acids is 1. The number of aromatic hydroxyl groups is 1. The molecule has 0 radical (unpaired) electrons. The minimum absolute atomic E-state index is 0.113. The zero-order valence-corrected chi connectivity index (χ0v) is 17.0. The minimum Gasteiger partial charge on any atom is -0.505 e. The van der Waals surface area contributed by atoms with E-state index >= 15 is 0 Å². The molecule has 0 aromatic heterocycles. The minimum atomic E-state index is -0.957. The molecule has 0 atom stereocenters. The number of carbonyl (C=O) groups is 1. The van der Waals surface area contributed by atoms with Crippen LogP contribution in [0.15, 0.2) is 45.6 Å². The maximum atomic E-state index is 14.3. The fourth-order valence-corrected chi connectivity index (χ4v) is 3.47. The van der Waals surface area contributed by atoms with Crippen molar-refractivity contribution in [1.82, 2.24) is 0 Å². The number of hydrogen-bond acceptors (Lipinski definition) is 4. The Morgan fingerprint density at radius 3 is 2.30 bits per heavy atom. The van der Waals surface area contributed by atoms with E-state index in [2.05, 4.69) is 0 Å². The molecule has 4 nitrogen and oxygen atoms in total. The Labute approximate surface area is 171 Å². The van der Waals surface area contributed by atoms with Gasteiger partial charge in [0.1, 0.15) is 17.6 Å². The first-order valence-corrected chi connectivity index (χ1v) is 9.46. The second kappa shape index (κ2) is 8.06. The first-order valence-electron chi connectivity index (χ1n) is 9.46. The molecule has 0 spiro atoms. The van der Waals surface area contributed by atoms with E-state index in [1.807, 2.05) is 13.8 Å². The number of aryl methyl sites for hydroxylation is 2. The quantitative estimate of drug-likeness (QED) is 0.325. The summed E-state index contributed by atoms with van der Waals surface area (Å²) >= 11 is 0. The number of fused-ring (bicyclic) bond motifs is 2. The molecule has 0 saturated carbocycles. The van der Waals surface area contributed by atoms with Crippen LogP contribution in [0, 0.1) is 25.5 Å². The van der Waals surface area contributed by atoms with Gasteiger partial charge in [-0.15, -0.1) is 0 Å². The van der Waals surface area contributed by atoms with E-state index in [1.165, 1.54) is 6.92 Å². The van der Waals surface area contributed by atoms with Crippen molar-refractivity contribution < 1.29 is 23.1 Å². The highest BCUT2D eigenvalue weighted by Gasteiger charge is 2.23. The fourth-order valence-electron chi connectivity index (χ4n) is 3.47. The van der Waals surface area contributed by atoms with Crippen molar-refractivity contribution in [3.05, 3.63) is 74.9 Å². The zero-order valence-electron chi connectivity index (χ0n) is 17.0. The Bertz CT molecular complexity index is 1310. The molecule has 0 unspecified atom stereocenters. The van der Waals surface area contributed by atoms with E-state index in [9.17, 15) is 23.5 Å². The van der Waals surface area contributed by atoms with Crippen LogP contribution in [-0.2, 0) is 0 Å². The summed E-state index contributed by atoms with van der Waals surface area (Å²) in [5.41, 5.74) is 2.05. The molecule has 30 heavy (non-hydrogen) atoms. The first kappa shape index (κ1) is 21.2. The third kappa shape index (κ3) is 3.34. The van der Waals surface area contributed by atoms with Gasteiger partial charge in [0, 0.05) is 33.7 Å². The number of rotatable bonds is 2. The summed E-state index contributed by atoms with van der Waals surface area (Å²) in [6.45, 7) is 7.26. The smallest absolute Gasteiger partial charge is 0.217 e. The summed E-state index contributed by atoms with van der Waals surface area (Å²) in [6.07, 6.45) is 0.707.